The quantitative estimate of drug-likeness (QED) is 0.758. The Kier molecular flexibility index (Phi) is 6.09. The molecule has 0 saturated heterocycles. The summed E-state index contributed by atoms with van der Waals surface area (Å²) in [5, 5.41) is 14.7. The van der Waals surface area contributed by atoms with Crippen LogP contribution >= 0.6 is 0 Å². The zero-order chi connectivity index (χ0) is 17.5. The number of carbonyl (C=O) groups is 2. The van der Waals surface area contributed by atoms with Crippen LogP contribution in [0.2, 0.25) is 0 Å². The molecule has 2 aromatic rings. The van der Waals surface area contributed by atoms with Gasteiger partial charge in [-0.1, -0.05) is 36.4 Å². The van der Waals surface area contributed by atoms with Gasteiger partial charge in [-0.15, -0.1) is 0 Å². The lowest BCUT2D eigenvalue weighted by atomic mass is 10.1. The molecule has 2 aromatic carbocycles. The largest absolute Gasteiger partial charge is 0.394 e. The Labute approximate surface area is 141 Å². The summed E-state index contributed by atoms with van der Waals surface area (Å²) in [6.45, 7) is 3.56. The van der Waals surface area contributed by atoms with E-state index in [1.54, 1.807) is 12.1 Å². The van der Waals surface area contributed by atoms with E-state index in [-0.39, 0.29) is 25.0 Å². The first-order valence-electron chi connectivity index (χ1n) is 7.82. The van der Waals surface area contributed by atoms with E-state index in [1.807, 2.05) is 50.2 Å². The van der Waals surface area contributed by atoms with Gasteiger partial charge in [0.25, 0.3) is 5.91 Å². The van der Waals surface area contributed by atoms with Crippen molar-refractivity contribution in [2.24, 2.45) is 0 Å². The number of rotatable bonds is 6. The van der Waals surface area contributed by atoms with Crippen molar-refractivity contribution < 1.29 is 14.7 Å². The normalized spacial score (nSPS) is 11.6. The number of amides is 2. The highest BCUT2D eigenvalue weighted by atomic mass is 16.3. The van der Waals surface area contributed by atoms with Crippen molar-refractivity contribution >= 4 is 11.8 Å². The Bertz CT molecular complexity index is 714. The van der Waals surface area contributed by atoms with E-state index in [0.717, 1.165) is 16.7 Å². The number of aliphatic hydroxyl groups is 1. The van der Waals surface area contributed by atoms with Crippen LogP contribution in [-0.2, 0) is 4.79 Å². The molecule has 0 aromatic heterocycles. The van der Waals surface area contributed by atoms with E-state index >= 15 is 0 Å². The highest BCUT2D eigenvalue weighted by Gasteiger charge is 2.14. The third-order valence-electron chi connectivity index (χ3n) is 3.90. The van der Waals surface area contributed by atoms with Crippen molar-refractivity contribution in [3.05, 3.63) is 70.8 Å². The predicted molar refractivity (Wildman–Crippen MR) is 92.7 cm³/mol. The van der Waals surface area contributed by atoms with Crippen LogP contribution in [0.25, 0.3) is 0 Å². The van der Waals surface area contributed by atoms with Gasteiger partial charge < -0.3 is 15.7 Å². The molecule has 0 unspecified atom stereocenters. The molecule has 0 spiro atoms. The first-order valence-corrected chi connectivity index (χ1v) is 7.82. The first kappa shape index (κ1) is 17.7. The number of nitrogens with one attached hydrogen (secondary N) is 2. The highest BCUT2D eigenvalue weighted by molar-refractivity contribution is 5.96. The minimum Gasteiger partial charge on any atom is -0.394 e. The summed E-state index contributed by atoms with van der Waals surface area (Å²) in [5.74, 6) is -0.649. The lowest BCUT2D eigenvalue weighted by Gasteiger charge is -2.17. The summed E-state index contributed by atoms with van der Waals surface area (Å²) < 4.78 is 0. The van der Waals surface area contributed by atoms with E-state index < -0.39 is 6.04 Å². The van der Waals surface area contributed by atoms with Gasteiger partial charge in [0.2, 0.25) is 5.91 Å². The predicted octanol–water partition coefficient (Wildman–Crippen LogP) is 1.88. The summed E-state index contributed by atoms with van der Waals surface area (Å²) in [7, 11) is 0. The van der Waals surface area contributed by atoms with E-state index in [1.165, 1.54) is 0 Å². The van der Waals surface area contributed by atoms with E-state index in [2.05, 4.69) is 10.6 Å². The molecule has 2 rings (SSSR count). The zero-order valence-electron chi connectivity index (χ0n) is 13.9. The van der Waals surface area contributed by atoms with Crippen molar-refractivity contribution in [3.63, 3.8) is 0 Å². The van der Waals surface area contributed by atoms with Gasteiger partial charge in [-0.3, -0.25) is 9.59 Å². The van der Waals surface area contributed by atoms with Crippen molar-refractivity contribution in [2.45, 2.75) is 19.9 Å². The Morgan fingerprint density at radius 2 is 1.75 bits per heavy atom. The molecule has 0 heterocycles. The fourth-order valence-corrected chi connectivity index (χ4v) is 2.31. The third kappa shape index (κ3) is 4.67. The van der Waals surface area contributed by atoms with Crippen LogP contribution in [-0.4, -0.2) is 30.1 Å². The molecule has 2 amide bonds. The van der Waals surface area contributed by atoms with Crippen molar-refractivity contribution in [1.29, 1.82) is 0 Å². The molecular formula is C19H22N2O3. The molecule has 126 valence electrons. The molecule has 1 atom stereocenters. The number of hydrogen-bond acceptors (Lipinski definition) is 3. The van der Waals surface area contributed by atoms with Crippen molar-refractivity contribution in [2.75, 3.05) is 13.2 Å². The van der Waals surface area contributed by atoms with Crippen LogP contribution in [0, 0.1) is 13.8 Å². The van der Waals surface area contributed by atoms with Crippen molar-refractivity contribution in [1.82, 2.24) is 10.6 Å². The number of carbonyl (C=O) groups excluding carboxylic acids is 2. The van der Waals surface area contributed by atoms with Crippen LogP contribution in [0.1, 0.15) is 33.1 Å². The van der Waals surface area contributed by atoms with Gasteiger partial charge in [-0.25, -0.2) is 0 Å². The molecule has 0 saturated carbocycles. The summed E-state index contributed by atoms with van der Waals surface area (Å²) in [4.78, 5) is 24.1. The summed E-state index contributed by atoms with van der Waals surface area (Å²) in [5.41, 5.74) is 3.47. The van der Waals surface area contributed by atoms with E-state index in [4.69, 9.17) is 0 Å². The van der Waals surface area contributed by atoms with Crippen molar-refractivity contribution in [3.8, 4) is 0 Å². The molecule has 5 heteroatoms. The van der Waals surface area contributed by atoms with Crippen LogP contribution in [0.15, 0.2) is 48.5 Å². The maximum Gasteiger partial charge on any atom is 0.251 e. The molecule has 0 aliphatic carbocycles. The second kappa shape index (κ2) is 8.26. The molecule has 0 aliphatic rings. The number of benzene rings is 2. The average molecular weight is 326 g/mol. The van der Waals surface area contributed by atoms with Gasteiger partial charge in [0.1, 0.15) is 0 Å². The summed E-state index contributed by atoms with van der Waals surface area (Å²) in [6, 6.07) is 14.1. The monoisotopic (exact) mass is 326 g/mol. The molecule has 24 heavy (non-hydrogen) atoms. The lowest BCUT2D eigenvalue weighted by molar-refractivity contribution is -0.121. The standard InChI is InChI=1S/C19H22N2O3/c1-13-8-9-16(10-14(13)2)19(24)20-11-18(23)21-17(12-22)15-6-4-3-5-7-15/h3-10,17,22H,11-12H2,1-2H3,(H,20,24)(H,21,23)/t17-/m1/s1. The smallest absolute Gasteiger partial charge is 0.251 e. The number of aryl methyl sites for hydroxylation is 2. The number of aliphatic hydroxyl groups excluding tert-OH is 1. The minimum atomic E-state index is -0.489. The van der Waals surface area contributed by atoms with Crippen LogP contribution in [0.5, 0.6) is 0 Å². The van der Waals surface area contributed by atoms with Crippen LogP contribution in [0.3, 0.4) is 0 Å². The van der Waals surface area contributed by atoms with E-state index in [0.29, 0.717) is 5.56 Å². The SMILES string of the molecule is Cc1ccc(C(=O)NCC(=O)N[C@H](CO)c2ccccc2)cc1C. The number of hydrogen-bond donors (Lipinski definition) is 3. The second-order valence-corrected chi connectivity index (χ2v) is 5.70. The Morgan fingerprint density at radius 3 is 2.38 bits per heavy atom. The highest BCUT2D eigenvalue weighted by Crippen LogP contribution is 2.11. The summed E-state index contributed by atoms with van der Waals surface area (Å²) in [6.07, 6.45) is 0. The maximum absolute atomic E-state index is 12.1. The topological polar surface area (TPSA) is 78.4 Å². The second-order valence-electron chi connectivity index (χ2n) is 5.70. The third-order valence-corrected chi connectivity index (χ3v) is 3.90. The van der Waals surface area contributed by atoms with Gasteiger partial charge in [0.05, 0.1) is 19.2 Å². The Hall–Kier alpha value is -2.66. The summed E-state index contributed by atoms with van der Waals surface area (Å²) >= 11 is 0. The molecule has 0 bridgehead atoms. The molecule has 0 aliphatic heterocycles. The fourth-order valence-electron chi connectivity index (χ4n) is 2.31. The Balaban J connectivity index is 1.90. The zero-order valence-corrected chi connectivity index (χ0v) is 13.9. The van der Waals surface area contributed by atoms with E-state index in [9.17, 15) is 14.7 Å². The first-order chi connectivity index (χ1) is 11.5. The van der Waals surface area contributed by atoms with Gasteiger partial charge >= 0.3 is 0 Å². The fraction of sp³-hybridized carbons (Fsp3) is 0.263. The Morgan fingerprint density at radius 1 is 1.04 bits per heavy atom. The van der Waals surface area contributed by atoms with Gasteiger partial charge in [0, 0.05) is 5.56 Å². The lowest BCUT2D eigenvalue weighted by Crippen LogP contribution is -2.39. The molecule has 5 nitrogen and oxygen atoms in total. The minimum absolute atomic E-state index is 0.144. The van der Waals surface area contributed by atoms with Gasteiger partial charge in [0.15, 0.2) is 0 Å². The molecule has 0 fully saturated rings. The average Bonchev–Trinajstić information content (AvgIpc) is 2.60. The van der Waals surface area contributed by atoms with Crippen LogP contribution in [0.4, 0.5) is 0 Å². The molecule has 3 N–H and O–H groups in total. The molecular weight excluding hydrogens is 304 g/mol. The maximum atomic E-state index is 12.1. The van der Waals surface area contributed by atoms with Gasteiger partial charge in [-0.2, -0.15) is 0 Å². The molecule has 0 radical (unpaired) electrons. The van der Waals surface area contributed by atoms with Crippen LogP contribution < -0.4 is 10.6 Å². The van der Waals surface area contributed by atoms with Gasteiger partial charge in [-0.05, 0) is 42.7 Å².